The zero-order chi connectivity index (χ0) is 14.0. The van der Waals surface area contributed by atoms with E-state index < -0.39 is 0 Å². The summed E-state index contributed by atoms with van der Waals surface area (Å²) in [7, 11) is 0. The maximum atomic E-state index is 7.36. The zero-order valence-electron chi connectivity index (χ0n) is 11.6. The smallest absolute Gasteiger partial charge is 0.0918 e. The van der Waals surface area contributed by atoms with E-state index in [-0.39, 0.29) is 5.84 Å². The highest BCUT2D eigenvalue weighted by Crippen LogP contribution is 2.30. The average Bonchev–Trinajstić information content (AvgIpc) is 3.16. The van der Waals surface area contributed by atoms with Crippen LogP contribution in [0.5, 0.6) is 0 Å². The van der Waals surface area contributed by atoms with Crippen LogP contribution in [0.15, 0.2) is 0 Å². The Balaban J connectivity index is 2.10. The first-order valence-corrected chi connectivity index (χ1v) is 7.19. The van der Waals surface area contributed by atoms with Gasteiger partial charge in [-0.15, -0.1) is 0 Å². The van der Waals surface area contributed by atoms with Gasteiger partial charge in [0.2, 0.25) is 0 Å². The van der Waals surface area contributed by atoms with Crippen LogP contribution in [0.3, 0.4) is 0 Å². The number of nitrogens with one attached hydrogen (secondary N) is 1. The summed E-state index contributed by atoms with van der Waals surface area (Å²) in [4.78, 5) is 2.37. The summed E-state index contributed by atoms with van der Waals surface area (Å²) in [6.45, 7) is 6.46. The van der Waals surface area contributed by atoms with Crippen molar-refractivity contribution in [2.24, 2.45) is 5.73 Å². The van der Waals surface area contributed by atoms with E-state index in [1.807, 2.05) is 11.6 Å². The van der Waals surface area contributed by atoms with Gasteiger partial charge in [-0.1, -0.05) is 11.6 Å². The van der Waals surface area contributed by atoms with Crippen molar-refractivity contribution in [1.82, 2.24) is 14.7 Å². The van der Waals surface area contributed by atoms with Gasteiger partial charge in [0.15, 0.2) is 0 Å². The minimum Gasteiger partial charge on any atom is -0.388 e. The number of halogens is 1. The molecule has 1 aromatic heterocycles. The molecule has 0 atom stereocenters. The van der Waals surface area contributed by atoms with Gasteiger partial charge in [-0.2, -0.15) is 5.10 Å². The second kappa shape index (κ2) is 5.92. The van der Waals surface area contributed by atoms with Gasteiger partial charge in [0.05, 0.1) is 22.2 Å². The maximum Gasteiger partial charge on any atom is 0.0918 e. The highest BCUT2D eigenvalue weighted by Gasteiger charge is 2.30. The number of hydrogen-bond acceptors (Lipinski definition) is 3. The molecule has 106 valence electrons. The Bertz CT molecular complexity index is 464. The molecule has 5 nitrogen and oxygen atoms in total. The number of aromatic nitrogens is 2. The molecule has 1 aliphatic rings. The molecule has 19 heavy (non-hydrogen) atoms. The van der Waals surface area contributed by atoms with Gasteiger partial charge in [-0.25, -0.2) is 0 Å². The summed E-state index contributed by atoms with van der Waals surface area (Å²) < 4.78 is 1.97. The average molecular weight is 284 g/mol. The van der Waals surface area contributed by atoms with Crippen molar-refractivity contribution in [2.75, 3.05) is 6.54 Å². The Hall–Kier alpha value is -1.07. The first-order valence-electron chi connectivity index (χ1n) is 6.81. The molecule has 6 heteroatoms. The zero-order valence-corrected chi connectivity index (χ0v) is 12.4. The van der Waals surface area contributed by atoms with Crippen LogP contribution in [-0.2, 0) is 13.1 Å². The van der Waals surface area contributed by atoms with E-state index in [9.17, 15) is 0 Å². The molecular weight excluding hydrogens is 262 g/mol. The van der Waals surface area contributed by atoms with E-state index in [0.29, 0.717) is 12.5 Å². The van der Waals surface area contributed by atoms with Crippen molar-refractivity contribution in [3.63, 3.8) is 0 Å². The first-order chi connectivity index (χ1) is 9.02. The van der Waals surface area contributed by atoms with Crippen LogP contribution in [0, 0.1) is 12.3 Å². The highest BCUT2D eigenvalue weighted by atomic mass is 35.5. The SMILES string of the molecule is CCn1nc(C)c(Cl)c1CN(CCC(=N)N)C1CC1. The van der Waals surface area contributed by atoms with Crippen molar-refractivity contribution in [3.8, 4) is 0 Å². The monoisotopic (exact) mass is 283 g/mol. The molecule has 2 rings (SSSR count). The number of nitrogens with zero attached hydrogens (tertiary/aromatic N) is 3. The second-order valence-electron chi connectivity index (χ2n) is 5.14. The van der Waals surface area contributed by atoms with Gasteiger partial charge in [0.1, 0.15) is 0 Å². The van der Waals surface area contributed by atoms with Crippen LogP contribution in [0.1, 0.15) is 37.6 Å². The molecule has 0 unspecified atom stereocenters. The maximum absolute atomic E-state index is 7.36. The Morgan fingerprint density at radius 1 is 1.58 bits per heavy atom. The van der Waals surface area contributed by atoms with Crippen LogP contribution in [0.2, 0.25) is 5.02 Å². The number of amidine groups is 1. The molecule has 0 aliphatic heterocycles. The van der Waals surface area contributed by atoms with E-state index in [4.69, 9.17) is 22.7 Å². The Morgan fingerprint density at radius 3 is 2.79 bits per heavy atom. The quantitative estimate of drug-likeness (QED) is 0.595. The lowest BCUT2D eigenvalue weighted by molar-refractivity contribution is 0.254. The molecule has 1 saturated carbocycles. The van der Waals surface area contributed by atoms with Crippen molar-refractivity contribution < 1.29 is 0 Å². The van der Waals surface area contributed by atoms with E-state index in [2.05, 4.69) is 16.9 Å². The minimum atomic E-state index is 0.247. The van der Waals surface area contributed by atoms with Gasteiger partial charge in [-0.3, -0.25) is 15.0 Å². The summed E-state index contributed by atoms with van der Waals surface area (Å²) in [6, 6.07) is 0.621. The third-order valence-corrected chi connectivity index (χ3v) is 4.03. The largest absolute Gasteiger partial charge is 0.388 e. The molecule has 0 radical (unpaired) electrons. The third kappa shape index (κ3) is 3.48. The fourth-order valence-electron chi connectivity index (χ4n) is 2.31. The van der Waals surface area contributed by atoms with Gasteiger partial charge < -0.3 is 5.73 Å². The first kappa shape index (κ1) is 14.3. The van der Waals surface area contributed by atoms with E-state index in [0.717, 1.165) is 36.0 Å². The van der Waals surface area contributed by atoms with Crippen molar-refractivity contribution >= 4 is 17.4 Å². The number of hydrogen-bond donors (Lipinski definition) is 2. The summed E-state index contributed by atoms with van der Waals surface area (Å²) >= 11 is 6.35. The van der Waals surface area contributed by atoms with Gasteiger partial charge in [-0.05, 0) is 26.7 Å². The lowest BCUT2D eigenvalue weighted by Crippen LogP contribution is -2.30. The van der Waals surface area contributed by atoms with Gasteiger partial charge in [0, 0.05) is 32.1 Å². The fraction of sp³-hybridized carbons (Fsp3) is 0.692. The predicted molar refractivity (Wildman–Crippen MR) is 77.6 cm³/mol. The van der Waals surface area contributed by atoms with Crippen molar-refractivity contribution in [3.05, 3.63) is 16.4 Å². The van der Waals surface area contributed by atoms with E-state index >= 15 is 0 Å². The normalized spacial score (nSPS) is 15.2. The molecule has 1 aromatic rings. The molecule has 1 aliphatic carbocycles. The van der Waals surface area contributed by atoms with Crippen LogP contribution in [0.25, 0.3) is 0 Å². The molecule has 1 heterocycles. The minimum absolute atomic E-state index is 0.247. The van der Waals surface area contributed by atoms with Gasteiger partial charge in [0.25, 0.3) is 0 Å². The van der Waals surface area contributed by atoms with Crippen LogP contribution < -0.4 is 5.73 Å². The van der Waals surface area contributed by atoms with E-state index in [1.165, 1.54) is 12.8 Å². The molecule has 3 N–H and O–H groups in total. The summed E-state index contributed by atoms with van der Waals surface area (Å²) in [5, 5.41) is 12.6. The molecule has 0 saturated heterocycles. The Kier molecular flexibility index (Phi) is 4.47. The van der Waals surface area contributed by atoms with Gasteiger partial charge >= 0.3 is 0 Å². The number of nitrogens with two attached hydrogens (primary N) is 1. The topological polar surface area (TPSA) is 70.9 Å². The number of aryl methyl sites for hydroxylation is 2. The van der Waals surface area contributed by atoms with Crippen LogP contribution >= 0.6 is 11.6 Å². The Labute approximate surface area is 119 Å². The molecule has 1 fully saturated rings. The lowest BCUT2D eigenvalue weighted by atomic mass is 10.3. The van der Waals surface area contributed by atoms with Crippen molar-refractivity contribution in [1.29, 1.82) is 5.41 Å². The Morgan fingerprint density at radius 2 is 2.26 bits per heavy atom. The molecule has 0 amide bonds. The molecule has 0 aromatic carbocycles. The molecule has 0 bridgehead atoms. The fourth-order valence-corrected chi connectivity index (χ4v) is 2.50. The summed E-state index contributed by atoms with van der Waals surface area (Å²) in [6.07, 6.45) is 3.08. The van der Waals surface area contributed by atoms with E-state index in [1.54, 1.807) is 0 Å². The number of rotatable bonds is 7. The third-order valence-electron chi connectivity index (χ3n) is 3.54. The lowest BCUT2D eigenvalue weighted by Gasteiger charge is -2.22. The highest BCUT2D eigenvalue weighted by molar-refractivity contribution is 6.31. The van der Waals surface area contributed by atoms with Crippen LogP contribution in [-0.4, -0.2) is 33.1 Å². The summed E-state index contributed by atoms with van der Waals surface area (Å²) in [5.74, 6) is 0.247. The standard InChI is InChI=1S/C13H22ClN5/c1-3-19-11(13(14)9(2)17-19)8-18(10-4-5-10)7-6-12(15)16/h10H,3-8H2,1-2H3,(H3,15,16). The van der Waals surface area contributed by atoms with Crippen molar-refractivity contribution in [2.45, 2.75) is 52.2 Å². The van der Waals surface area contributed by atoms with Crippen LogP contribution in [0.4, 0.5) is 0 Å². The predicted octanol–water partition coefficient (Wildman–Crippen LogP) is 2.16. The summed E-state index contributed by atoms with van der Waals surface area (Å²) in [5.41, 5.74) is 7.43. The molecular formula is C13H22ClN5. The second-order valence-corrected chi connectivity index (χ2v) is 5.52. The molecule has 0 spiro atoms.